The van der Waals surface area contributed by atoms with Crippen molar-refractivity contribution in [1.82, 2.24) is 0 Å². The van der Waals surface area contributed by atoms with Gasteiger partial charge in [-0.1, -0.05) is 13.8 Å². The summed E-state index contributed by atoms with van der Waals surface area (Å²) in [5, 5.41) is 20.8. The zero-order valence-electron chi connectivity index (χ0n) is 9.05. The molecule has 0 aliphatic rings. The second-order valence-electron chi connectivity index (χ2n) is 2.24. The molecule has 0 atom stereocenters. The van der Waals surface area contributed by atoms with E-state index < -0.39 is 11.9 Å². The number of carbonyl (C=O) groups is 2. The summed E-state index contributed by atoms with van der Waals surface area (Å²) in [6.07, 6.45) is 0.277. The molecule has 0 aromatic heterocycles. The van der Waals surface area contributed by atoms with Crippen LogP contribution in [0.3, 0.4) is 0 Å². The van der Waals surface area contributed by atoms with Gasteiger partial charge in [0, 0.05) is 0 Å². The number of carboxylic acids is 2. The Morgan fingerprint density at radius 2 is 1.07 bits per heavy atom. The Morgan fingerprint density at radius 1 is 0.857 bits per heavy atom. The molecule has 0 rings (SSSR count). The van der Waals surface area contributed by atoms with Crippen LogP contribution in [0.2, 0.25) is 0 Å². The van der Waals surface area contributed by atoms with Crippen molar-refractivity contribution >= 4 is 11.9 Å². The van der Waals surface area contributed by atoms with Crippen molar-refractivity contribution in [3.63, 3.8) is 0 Å². The van der Waals surface area contributed by atoms with Crippen molar-refractivity contribution in [2.45, 2.75) is 26.7 Å². The zero-order chi connectivity index (χ0) is 9.72. The van der Waals surface area contributed by atoms with Crippen molar-refractivity contribution in [3.05, 3.63) is 11.1 Å². The first-order valence-corrected chi connectivity index (χ1v) is 3.69. The summed E-state index contributed by atoms with van der Waals surface area (Å²) in [5.74, 6) is -2.86. The standard InChI is InChI=1S/C8H12O4.2Na/c1-3-5(7(9)10)6(4-2)8(11)12;;/h3-4H2,1-2H3,(H,9,10)(H,11,12);;/q;2*+1/p-2. The quantitative estimate of drug-likeness (QED) is 0.345. The summed E-state index contributed by atoms with van der Waals surface area (Å²) >= 11 is 0. The Labute approximate surface area is 127 Å². The summed E-state index contributed by atoms with van der Waals surface area (Å²) in [4.78, 5) is 20.8. The first-order chi connectivity index (χ1) is 5.54. The smallest absolute Gasteiger partial charge is 0.545 e. The second-order valence-corrected chi connectivity index (χ2v) is 2.24. The Balaban J connectivity index is -0.000000605. The van der Waals surface area contributed by atoms with Crippen LogP contribution in [0, 0.1) is 0 Å². The molecular formula is C8H10Na2O4. The van der Waals surface area contributed by atoms with Gasteiger partial charge in [-0.15, -0.1) is 0 Å². The number of hydrogen-bond donors (Lipinski definition) is 0. The average Bonchev–Trinajstić information content (AvgIpc) is 1.98. The third-order valence-corrected chi connectivity index (χ3v) is 1.56. The van der Waals surface area contributed by atoms with E-state index in [0.717, 1.165) is 0 Å². The Morgan fingerprint density at radius 3 is 1.14 bits per heavy atom. The molecule has 0 saturated carbocycles. The molecule has 14 heavy (non-hydrogen) atoms. The number of carbonyl (C=O) groups excluding carboxylic acids is 2. The van der Waals surface area contributed by atoms with Gasteiger partial charge in [0.05, 0.1) is 11.9 Å². The molecule has 0 aromatic carbocycles. The van der Waals surface area contributed by atoms with Gasteiger partial charge in [0.15, 0.2) is 0 Å². The fourth-order valence-corrected chi connectivity index (χ4v) is 0.962. The molecule has 6 heteroatoms. The van der Waals surface area contributed by atoms with E-state index in [4.69, 9.17) is 0 Å². The molecule has 0 aliphatic carbocycles. The normalized spacial score (nSPS) is 10.4. The van der Waals surface area contributed by atoms with Gasteiger partial charge in [-0.05, 0) is 24.0 Å². The molecule has 0 unspecified atom stereocenters. The number of aliphatic carboxylic acids is 2. The van der Waals surface area contributed by atoms with Crippen LogP contribution in [-0.4, -0.2) is 11.9 Å². The molecule has 0 radical (unpaired) electrons. The molecule has 0 amide bonds. The van der Waals surface area contributed by atoms with Gasteiger partial charge in [0.25, 0.3) is 0 Å². The van der Waals surface area contributed by atoms with Crippen molar-refractivity contribution in [1.29, 1.82) is 0 Å². The van der Waals surface area contributed by atoms with E-state index in [0.29, 0.717) is 0 Å². The maximum absolute atomic E-state index is 10.4. The van der Waals surface area contributed by atoms with Crippen LogP contribution < -0.4 is 69.3 Å². The van der Waals surface area contributed by atoms with Gasteiger partial charge in [0.2, 0.25) is 0 Å². The molecule has 0 aromatic rings. The third kappa shape index (κ3) is 6.22. The average molecular weight is 216 g/mol. The van der Waals surface area contributed by atoms with E-state index in [1.807, 2.05) is 0 Å². The number of carboxylic acid groups (broad SMARTS) is 2. The van der Waals surface area contributed by atoms with E-state index in [2.05, 4.69) is 0 Å². The van der Waals surface area contributed by atoms with Gasteiger partial charge in [0.1, 0.15) is 0 Å². The molecule has 0 spiro atoms. The molecule has 4 nitrogen and oxygen atoms in total. The Hall–Kier alpha value is 0.680. The van der Waals surface area contributed by atoms with Crippen LogP contribution in [-0.2, 0) is 9.59 Å². The predicted molar refractivity (Wildman–Crippen MR) is 37.6 cm³/mol. The van der Waals surface area contributed by atoms with E-state index in [-0.39, 0.29) is 83.1 Å². The van der Waals surface area contributed by atoms with Crippen molar-refractivity contribution in [2.24, 2.45) is 0 Å². The first-order valence-electron chi connectivity index (χ1n) is 3.69. The minimum Gasteiger partial charge on any atom is -0.545 e. The van der Waals surface area contributed by atoms with Gasteiger partial charge in [-0.2, -0.15) is 0 Å². The summed E-state index contributed by atoms with van der Waals surface area (Å²) < 4.78 is 0. The van der Waals surface area contributed by atoms with E-state index in [1.54, 1.807) is 13.8 Å². The Bertz CT molecular complexity index is 211. The molecule has 68 valence electrons. The SMILES string of the molecule is CCC(C(=O)[O-])=C(CC)C(=O)[O-].[Na+].[Na+]. The fourth-order valence-electron chi connectivity index (χ4n) is 0.962. The Kier molecular flexibility index (Phi) is 14.7. The van der Waals surface area contributed by atoms with Crippen LogP contribution >= 0.6 is 0 Å². The molecule has 0 aliphatic heterocycles. The molecule has 0 saturated heterocycles. The van der Waals surface area contributed by atoms with Gasteiger partial charge in [-0.3, -0.25) is 0 Å². The van der Waals surface area contributed by atoms with Crippen molar-refractivity contribution < 1.29 is 78.9 Å². The van der Waals surface area contributed by atoms with E-state index in [9.17, 15) is 19.8 Å². The van der Waals surface area contributed by atoms with Crippen molar-refractivity contribution in [3.8, 4) is 0 Å². The molecule has 0 heterocycles. The van der Waals surface area contributed by atoms with Crippen LogP contribution in [0.15, 0.2) is 11.1 Å². The van der Waals surface area contributed by atoms with Crippen LogP contribution in [0.4, 0.5) is 0 Å². The summed E-state index contributed by atoms with van der Waals surface area (Å²) in [5.41, 5.74) is -0.366. The molecule has 0 N–H and O–H groups in total. The van der Waals surface area contributed by atoms with Crippen LogP contribution in [0.25, 0.3) is 0 Å². The zero-order valence-corrected chi connectivity index (χ0v) is 13.0. The summed E-state index contributed by atoms with van der Waals surface area (Å²) in [7, 11) is 0. The topological polar surface area (TPSA) is 80.3 Å². The van der Waals surface area contributed by atoms with Gasteiger partial charge >= 0.3 is 59.1 Å². The minimum atomic E-state index is -1.43. The van der Waals surface area contributed by atoms with Crippen LogP contribution in [0.1, 0.15) is 26.7 Å². The second kappa shape index (κ2) is 10.2. The maximum Gasteiger partial charge on any atom is 1.00 e. The largest absolute Gasteiger partial charge is 1.00 e. The minimum absolute atomic E-state index is 0. The molecular weight excluding hydrogens is 206 g/mol. The number of hydrogen-bond acceptors (Lipinski definition) is 4. The summed E-state index contributed by atoms with van der Waals surface area (Å²) in [6, 6.07) is 0. The van der Waals surface area contributed by atoms with E-state index >= 15 is 0 Å². The summed E-state index contributed by atoms with van der Waals surface area (Å²) in [6.45, 7) is 3.12. The van der Waals surface area contributed by atoms with Crippen molar-refractivity contribution in [2.75, 3.05) is 0 Å². The van der Waals surface area contributed by atoms with E-state index in [1.165, 1.54) is 0 Å². The number of rotatable bonds is 4. The maximum atomic E-state index is 10.4. The van der Waals surface area contributed by atoms with Gasteiger partial charge in [-0.25, -0.2) is 0 Å². The monoisotopic (exact) mass is 216 g/mol. The van der Waals surface area contributed by atoms with Gasteiger partial charge < -0.3 is 19.8 Å². The van der Waals surface area contributed by atoms with Crippen LogP contribution in [0.5, 0.6) is 0 Å². The molecule has 0 bridgehead atoms. The predicted octanol–water partition coefficient (Wildman–Crippen LogP) is -7.39. The first kappa shape index (κ1) is 20.1. The fraction of sp³-hybridized carbons (Fsp3) is 0.500. The molecule has 0 fully saturated rings. The third-order valence-electron chi connectivity index (χ3n) is 1.56.